The molecule has 1 unspecified atom stereocenters. The average molecular weight is 212 g/mol. The van der Waals surface area contributed by atoms with E-state index in [1.165, 1.54) is 19.3 Å². The van der Waals surface area contributed by atoms with Crippen molar-refractivity contribution >= 4 is 5.91 Å². The Labute approximate surface area is 93.2 Å². The molecule has 1 atom stereocenters. The van der Waals surface area contributed by atoms with Gasteiger partial charge in [0.2, 0.25) is 5.91 Å². The van der Waals surface area contributed by atoms with Crippen LogP contribution in [0.5, 0.6) is 0 Å². The van der Waals surface area contributed by atoms with Crippen LogP contribution in [0.15, 0.2) is 0 Å². The van der Waals surface area contributed by atoms with Crippen LogP contribution >= 0.6 is 0 Å². The lowest BCUT2D eigenvalue weighted by atomic mass is 9.99. The second kappa shape index (κ2) is 6.83. The van der Waals surface area contributed by atoms with E-state index < -0.39 is 0 Å². The third-order valence-electron chi connectivity index (χ3n) is 3.18. The highest BCUT2D eigenvalue weighted by molar-refractivity contribution is 5.76. The van der Waals surface area contributed by atoms with Crippen molar-refractivity contribution in [3.63, 3.8) is 0 Å². The third-order valence-corrected chi connectivity index (χ3v) is 3.18. The number of carbonyl (C=O) groups is 1. The van der Waals surface area contributed by atoms with Crippen molar-refractivity contribution in [3.8, 4) is 0 Å². The first-order chi connectivity index (χ1) is 7.29. The Morgan fingerprint density at radius 1 is 1.40 bits per heavy atom. The standard InChI is InChI=1S/C12H24N2O/c1-3-11-7-5-6-10-14(11)12(15)8-9-13-4-2/h11,13H,3-10H2,1-2H3. The van der Waals surface area contributed by atoms with Crippen molar-refractivity contribution in [1.29, 1.82) is 0 Å². The van der Waals surface area contributed by atoms with Crippen LogP contribution in [-0.2, 0) is 4.79 Å². The molecule has 0 saturated carbocycles. The molecule has 1 amide bonds. The summed E-state index contributed by atoms with van der Waals surface area (Å²) in [6.07, 6.45) is 5.43. The molecule has 1 aliphatic heterocycles. The molecule has 0 aliphatic carbocycles. The first-order valence-corrected chi connectivity index (χ1v) is 6.29. The van der Waals surface area contributed by atoms with E-state index in [1.54, 1.807) is 0 Å². The first kappa shape index (κ1) is 12.5. The molecule has 0 spiro atoms. The summed E-state index contributed by atoms with van der Waals surface area (Å²) in [6, 6.07) is 0.507. The van der Waals surface area contributed by atoms with Gasteiger partial charge in [-0.15, -0.1) is 0 Å². The highest BCUT2D eigenvalue weighted by Gasteiger charge is 2.24. The SMILES string of the molecule is CCNCCC(=O)N1CCCCC1CC. The van der Waals surface area contributed by atoms with Crippen molar-refractivity contribution < 1.29 is 4.79 Å². The molecule has 1 saturated heterocycles. The number of nitrogens with one attached hydrogen (secondary N) is 1. The number of hydrogen-bond acceptors (Lipinski definition) is 2. The third kappa shape index (κ3) is 3.82. The van der Waals surface area contributed by atoms with Crippen LogP contribution in [0.3, 0.4) is 0 Å². The van der Waals surface area contributed by atoms with Crippen molar-refractivity contribution in [2.75, 3.05) is 19.6 Å². The van der Waals surface area contributed by atoms with Gasteiger partial charge in [0, 0.05) is 25.6 Å². The first-order valence-electron chi connectivity index (χ1n) is 6.29. The van der Waals surface area contributed by atoms with Gasteiger partial charge in [0.15, 0.2) is 0 Å². The fourth-order valence-corrected chi connectivity index (χ4v) is 2.27. The number of rotatable bonds is 5. The quantitative estimate of drug-likeness (QED) is 0.705. The molecule has 3 heteroatoms. The maximum Gasteiger partial charge on any atom is 0.224 e. The minimum atomic E-state index is 0.336. The molecule has 0 bridgehead atoms. The number of hydrogen-bond donors (Lipinski definition) is 1. The second-order valence-corrected chi connectivity index (χ2v) is 4.25. The number of likely N-dealkylation sites (tertiary alicyclic amines) is 1. The van der Waals surface area contributed by atoms with Gasteiger partial charge in [-0.3, -0.25) is 4.79 Å². The van der Waals surface area contributed by atoms with E-state index >= 15 is 0 Å². The molecule has 1 rings (SSSR count). The highest BCUT2D eigenvalue weighted by Crippen LogP contribution is 2.19. The van der Waals surface area contributed by atoms with E-state index in [0.717, 1.165) is 26.1 Å². The monoisotopic (exact) mass is 212 g/mol. The molecule has 1 fully saturated rings. The largest absolute Gasteiger partial charge is 0.340 e. The molecule has 1 heterocycles. The van der Waals surface area contributed by atoms with E-state index in [2.05, 4.69) is 24.1 Å². The smallest absolute Gasteiger partial charge is 0.224 e. The zero-order valence-corrected chi connectivity index (χ0v) is 10.1. The Kier molecular flexibility index (Phi) is 5.69. The number of amides is 1. The summed E-state index contributed by atoms with van der Waals surface area (Å²) in [5.41, 5.74) is 0. The summed E-state index contributed by atoms with van der Waals surface area (Å²) in [5.74, 6) is 0.336. The lowest BCUT2D eigenvalue weighted by Gasteiger charge is -2.35. The topological polar surface area (TPSA) is 32.3 Å². The van der Waals surface area contributed by atoms with Gasteiger partial charge in [-0.2, -0.15) is 0 Å². The van der Waals surface area contributed by atoms with Crippen LogP contribution in [0.2, 0.25) is 0 Å². The van der Waals surface area contributed by atoms with Crippen LogP contribution in [0.25, 0.3) is 0 Å². The predicted octanol–water partition coefficient (Wildman–Crippen LogP) is 1.78. The molecule has 0 aromatic carbocycles. The maximum atomic E-state index is 11.9. The zero-order chi connectivity index (χ0) is 11.1. The fourth-order valence-electron chi connectivity index (χ4n) is 2.27. The van der Waals surface area contributed by atoms with E-state index in [9.17, 15) is 4.79 Å². The number of carbonyl (C=O) groups excluding carboxylic acids is 1. The minimum Gasteiger partial charge on any atom is -0.340 e. The zero-order valence-electron chi connectivity index (χ0n) is 10.1. The minimum absolute atomic E-state index is 0.336. The Balaban J connectivity index is 2.34. The van der Waals surface area contributed by atoms with Gasteiger partial charge in [0.05, 0.1) is 0 Å². The van der Waals surface area contributed by atoms with E-state index in [1.807, 2.05) is 0 Å². The molecule has 3 nitrogen and oxygen atoms in total. The van der Waals surface area contributed by atoms with Crippen LogP contribution < -0.4 is 5.32 Å². The van der Waals surface area contributed by atoms with Crippen LogP contribution in [0.1, 0.15) is 46.0 Å². The molecule has 1 aliphatic rings. The lowest BCUT2D eigenvalue weighted by Crippen LogP contribution is -2.44. The van der Waals surface area contributed by atoms with Crippen molar-refractivity contribution in [3.05, 3.63) is 0 Å². The molecule has 88 valence electrons. The number of nitrogens with zero attached hydrogens (tertiary/aromatic N) is 1. The van der Waals surface area contributed by atoms with Crippen molar-refractivity contribution in [1.82, 2.24) is 10.2 Å². The Morgan fingerprint density at radius 2 is 2.20 bits per heavy atom. The Bertz CT molecular complexity index is 194. The molecule has 0 aromatic rings. The van der Waals surface area contributed by atoms with Crippen molar-refractivity contribution in [2.24, 2.45) is 0 Å². The summed E-state index contributed by atoms with van der Waals surface area (Å²) in [7, 11) is 0. The van der Waals surface area contributed by atoms with Gasteiger partial charge < -0.3 is 10.2 Å². The van der Waals surface area contributed by atoms with Gasteiger partial charge in [-0.05, 0) is 32.2 Å². The summed E-state index contributed by atoms with van der Waals surface area (Å²) < 4.78 is 0. The van der Waals surface area contributed by atoms with Crippen molar-refractivity contribution in [2.45, 2.75) is 52.0 Å². The summed E-state index contributed by atoms with van der Waals surface area (Å²) in [5, 5.41) is 3.20. The summed E-state index contributed by atoms with van der Waals surface area (Å²) >= 11 is 0. The molecule has 1 N–H and O–H groups in total. The summed E-state index contributed by atoms with van der Waals surface area (Å²) in [6.45, 7) is 7.00. The lowest BCUT2D eigenvalue weighted by molar-refractivity contribution is -0.134. The Morgan fingerprint density at radius 3 is 2.87 bits per heavy atom. The molecular weight excluding hydrogens is 188 g/mol. The van der Waals surface area contributed by atoms with Gasteiger partial charge in [0.1, 0.15) is 0 Å². The highest BCUT2D eigenvalue weighted by atomic mass is 16.2. The van der Waals surface area contributed by atoms with E-state index in [0.29, 0.717) is 18.4 Å². The normalized spacial score (nSPS) is 21.7. The maximum absolute atomic E-state index is 11.9. The van der Waals surface area contributed by atoms with Gasteiger partial charge in [-0.25, -0.2) is 0 Å². The van der Waals surface area contributed by atoms with Gasteiger partial charge >= 0.3 is 0 Å². The Hall–Kier alpha value is -0.570. The average Bonchev–Trinajstić information content (AvgIpc) is 2.29. The summed E-state index contributed by atoms with van der Waals surface area (Å²) in [4.78, 5) is 14.0. The van der Waals surface area contributed by atoms with Crippen LogP contribution in [0, 0.1) is 0 Å². The molecule has 15 heavy (non-hydrogen) atoms. The molecular formula is C12H24N2O. The number of piperidine rings is 1. The molecule has 0 aromatic heterocycles. The van der Waals surface area contributed by atoms with Gasteiger partial charge in [-0.1, -0.05) is 13.8 Å². The molecule has 0 radical (unpaired) electrons. The van der Waals surface area contributed by atoms with E-state index in [-0.39, 0.29) is 0 Å². The predicted molar refractivity (Wildman–Crippen MR) is 62.8 cm³/mol. The fraction of sp³-hybridized carbons (Fsp3) is 0.917. The van der Waals surface area contributed by atoms with Crippen LogP contribution in [0.4, 0.5) is 0 Å². The second-order valence-electron chi connectivity index (χ2n) is 4.25. The van der Waals surface area contributed by atoms with Crippen LogP contribution in [-0.4, -0.2) is 36.5 Å². The van der Waals surface area contributed by atoms with Gasteiger partial charge in [0.25, 0.3) is 0 Å². The van der Waals surface area contributed by atoms with E-state index in [4.69, 9.17) is 0 Å².